The molecule has 0 aromatic carbocycles. The highest BCUT2D eigenvalue weighted by Crippen LogP contribution is 2.21. The second-order valence-electron chi connectivity index (χ2n) is 5.65. The Hall–Kier alpha value is -0.600. The zero-order valence-electron chi connectivity index (χ0n) is 11.2. The van der Waals surface area contributed by atoms with Crippen molar-refractivity contribution in [3.8, 4) is 0 Å². The molecule has 0 saturated carbocycles. The van der Waals surface area contributed by atoms with Gasteiger partial charge in [0.1, 0.15) is 0 Å². The van der Waals surface area contributed by atoms with Crippen LogP contribution in [0.15, 0.2) is 25.3 Å². The van der Waals surface area contributed by atoms with E-state index in [4.69, 9.17) is 5.73 Å². The minimum Gasteiger partial charge on any atom is -0.328 e. The first-order valence-electron chi connectivity index (χ1n) is 6.09. The monoisotopic (exact) mass is 224 g/mol. The molecular weight excluding hydrogens is 196 g/mol. The minimum atomic E-state index is 0.289. The fourth-order valence-electron chi connectivity index (χ4n) is 1.86. The van der Waals surface area contributed by atoms with Crippen molar-refractivity contribution < 1.29 is 0 Å². The van der Waals surface area contributed by atoms with Crippen LogP contribution in [0.1, 0.15) is 33.6 Å². The lowest BCUT2D eigenvalue weighted by Crippen LogP contribution is -2.33. The van der Waals surface area contributed by atoms with Gasteiger partial charge in [0.2, 0.25) is 0 Å². The van der Waals surface area contributed by atoms with Gasteiger partial charge in [0.15, 0.2) is 0 Å². The molecule has 1 unspecified atom stereocenters. The quantitative estimate of drug-likeness (QED) is 0.642. The normalized spacial score (nSPS) is 13.8. The van der Waals surface area contributed by atoms with Crippen LogP contribution < -0.4 is 5.73 Å². The van der Waals surface area contributed by atoms with Crippen LogP contribution in [0.3, 0.4) is 0 Å². The molecule has 2 N–H and O–H groups in total. The highest BCUT2D eigenvalue weighted by Gasteiger charge is 2.15. The molecule has 0 amide bonds. The predicted octanol–water partition coefficient (Wildman–Crippen LogP) is 2.81. The third kappa shape index (κ3) is 8.69. The van der Waals surface area contributed by atoms with E-state index < -0.39 is 0 Å². The third-order valence-corrected chi connectivity index (χ3v) is 2.47. The first-order chi connectivity index (χ1) is 7.39. The summed E-state index contributed by atoms with van der Waals surface area (Å²) in [4.78, 5) is 2.31. The summed E-state index contributed by atoms with van der Waals surface area (Å²) in [7, 11) is 0. The number of nitrogens with zero attached hydrogens (tertiary/aromatic N) is 1. The molecule has 2 heteroatoms. The summed E-state index contributed by atoms with van der Waals surface area (Å²) in [5.41, 5.74) is 6.44. The van der Waals surface area contributed by atoms with E-state index in [-0.39, 0.29) is 6.04 Å². The van der Waals surface area contributed by atoms with E-state index in [2.05, 4.69) is 38.8 Å². The van der Waals surface area contributed by atoms with E-state index in [0.29, 0.717) is 5.41 Å². The van der Waals surface area contributed by atoms with Gasteiger partial charge in [-0.2, -0.15) is 0 Å². The van der Waals surface area contributed by atoms with Crippen LogP contribution in [0.5, 0.6) is 0 Å². The maximum absolute atomic E-state index is 6.12. The van der Waals surface area contributed by atoms with Gasteiger partial charge in [-0.05, 0) is 18.3 Å². The van der Waals surface area contributed by atoms with Crippen molar-refractivity contribution in [3.05, 3.63) is 25.3 Å². The van der Waals surface area contributed by atoms with Gasteiger partial charge in [0.25, 0.3) is 0 Å². The van der Waals surface area contributed by atoms with Crippen LogP contribution in [-0.4, -0.2) is 30.6 Å². The summed E-state index contributed by atoms with van der Waals surface area (Å²) in [5.74, 6) is 0. The Morgan fingerprint density at radius 3 is 2.06 bits per heavy atom. The molecule has 0 aliphatic heterocycles. The molecule has 94 valence electrons. The Morgan fingerprint density at radius 2 is 1.69 bits per heavy atom. The standard InChI is InChI=1S/C14H28N2/c1-6-9-16(10-7-2)11-8-13(15)12-14(3,4)5/h6-7,13H,1-2,8-12,15H2,3-5H3. The van der Waals surface area contributed by atoms with Crippen LogP contribution in [0.2, 0.25) is 0 Å². The van der Waals surface area contributed by atoms with Crippen LogP contribution in [0.4, 0.5) is 0 Å². The minimum absolute atomic E-state index is 0.289. The molecule has 0 aliphatic rings. The summed E-state index contributed by atoms with van der Waals surface area (Å²) < 4.78 is 0. The largest absolute Gasteiger partial charge is 0.328 e. The van der Waals surface area contributed by atoms with E-state index in [1.54, 1.807) is 0 Å². The zero-order valence-corrected chi connectivity index (χ0v) is 11.2. The Bertz CT molecular complexity index is 193. The van der Waals surface area contributed by atoms with Gasteiger partial charge in [-0.3, -0.25) is 4.90 Å². The molecule has 0 spiro atoms. The first-order valence-corrected chi connectivity index (χ1v) is 6.09. The molecule has 1 atom stereocenters. The molecule has 0 rings (SSSR count). The van der Waals surface area contributed by atoms with Gasteiger partial charge in [0.05, 0.1) is 0 Å². The predicted molar refractivity (Wildman–Crippen MR) is 73.5 cm³/mol. The van der Waals surface area contributed by atoms with Crippen LogP contribution in [0.25, 0.3) is 0 Å². The van der Waals surface area contributed by atoms with E-state index in [1.165, 1.54) is 0 Å². The van der Waals surface area contributed by atoms with E-state index in [0.717, 1.165) is 32.5 Å². The van der Waals surface area contributed by atoms with Crippen molar-refractivity contribution in [2.75, 3.05) is 19.6 Å². The maximum atomic E-state index is 6.12. The molecule has 0 aromatic heterocycles. The van der Waals surface area contributed by atoms with Crippen molar-refractivity contribution in [2.45, 2.75) is 39.7 Å². The average Bonchev–Trinajstić information content (AvgIpc) is 2.12. The molecule has 0 bridgehead atoms. The lowest BCUT2D eigenvalue weighted by atomic mass is 9.87. The second-order valence-corrected chi connectivity index (χ2v) is 5.65. The summed E-state index contributed by atoms with van der Waals surface area (Å²) in [6.45, 7) is 17.1. The Morgan fingerprint density at radius 1 is 1.19 bits per heavy atom. The van der Waals surface area contributed by atoms with Gasteiger partial charge < -0.3 is 5.73 Å². The Balaban J connectivity index is 3.90. The van der Waals surface area contributed by atoms with E-state index in [9.17, 15) is 0 Å². The highest BCUT2D eigenvalue weighted by molar-refractivity contribution is 4.81. The lowest BCUT2D eigenvalue weighted by molar-refractivity contribution is 0.282. The Labute approximate surface area is 101 Å². The van der Waals surface area contributed by atoms with Gasteiger partial charge in [-0.15, -0.1) is 13.2 Å². The van der Waals surface area contributed by atoms with Crippen molar-refractivity contribution in [1.29, 1.82) is 0 Å². The van der Waals surface area contributed by atoms with E-state index >= 15 is 0 Å². The van der Waals surface area contributed by atoms with Crippen molar-refractivity contribution in [1.82, 2.24) is 4.90 Å². The smallest absolute Gasteiger partial charge is 0.0163 e. The molecule has 16 heavy (non-hydrogen) atoms. The Kier molecular flexibility index (Phi) is 7.35. The maximum Gasteiger partial charge on any atom is 0.0163 e. The first kappa shape index (κ1) is 15.4. The zero-order chi connectivity index (χ0) is 12.6. The topological polar surface area (TPSA) is 29.3 Å². The van der Waals surface area contributed by atoms with Crippen LogP contribution in [-0.2, 0) is 0 Å². The number of rotatable bonds is 8. The van der Waals surface area contributed by atoms with Gasteiger partial charge in [-0.25, -0.2) is 0 Å². The van der Waals surface area contributed by atoms with Gasteiger partial charge in [0, 0.05) is 25.7 Å². The fraction of sp³-hybridized carbons (Fsp3) is 0.714. The summed E-state index contributed by atoms with van der Waals surface area (Å²) in [5, 5.41) is 0. The molecule has 0 aliphatic carbocycles. The third-order valence-electron chi connectivity index (χ3n) is 2.47. The lowest BCUT2D eigenvalue weighted by Gasteiger charge is -2.25. The van der Waals surface area contributed by atoms with Crippen molar-refractivity contribution in [3.63, 3.8) is 0 Å². The van der Waals surface area contributed by atoms with Crippen molar-refractivity contribution in [2.24, 2.45) is 11.1 Å². The van der Waals surface area contributed by atoms with Crippen molar-refractivity contribution >= 4 is 0 Å². The van der Waals surface area contributed by atoms with Crippen LogP contribution >= 0.6 is 0 Å². The van der Waals surface area contributed by atoms with Gasteiger partial charge >= 0.3 is 0 Å². The number of hydrogen-bond donors (Lipinski definition) is 1. The molecule has 0 aromatic rings. The molecular formula is C14H28N2. The molecule has 0 heterocycles. The molecule has 2 nitrogen and oxygen atoms in total. The molecule has 0 fully saturated rings. The molecule has 0 radical (unpaired) electrons. The van der Waals surface area contributed by atoms with E-state index in [1.807, 2.05) is 12.2 Å². The summed E-state index contributed by atoms with van der Waals surface area (Å²) in [6, 6.07) is 0.289. The molecule has 0 saturated heterocycles. The number of hydrogen-bond acceptors (Lipinski definition) is 2. The number of nitrogens with two attached hydrogens (primary N) is 1. The SMILES string of the molecule is C=CCN(CC=C)CCC(N)CC(C)(C)C. The highest BCUT2D eigenvalue weighted by atomic mass is 15.1. The second kappa shape index (κ2) is 7.64. The summed E-state index contributed by atoms with van der Waals surface area (Å²) in [6.07, 6.45) is 5.97. The van der Waals surface area contributed by atoms with Gasteiger partial charge in [-0.1, -0.05) is 32.9 Å². The van der Waals surface area contributed by atoms with Crippen LogP contribution in [0, 0.1) is 5.41 Å². The fourth-order valence-corrected chi connectivity index (χ4v) is 1.86. The summed E-state index contributed by atoms with van der Waals surface area (Å²) >= 11 is 0. The average molecular weight is 224 g/mol.